The molecule has 0 amide bonds. The highest BCUT2D eigenvalue weighted by molar-refractivity contribution is 5.89. The molecule has 0 aliphatic rings. The van der Waals surface area contributed by atoms with Crippen LogP contribution in [-0.2, 0) is 4.74 Å². The summed E-state index contributed by atoms with van der Waals surface area (Å²) in [6.07, 6.45) is 2.22. The van der Waals surface area contributed by atoms with Crippen LogP contribution in [0.4, 0.5) is 0 Å². The molecule has 19 heavy (non-hydrogen) atoms. The van der Waals surface area contributed by atoms with Gasteiger partial charge in [0.05, 0.1) is 5.56 Å². The number of hydrogen-bond donors (Lipinski definition) is 1. The van der Waals surface area contributed by atoms with Gasteiger partial charge in [-0.1, -0.05) is 19.4 Å². The van der Waals surface area contributed by atoms with Gasteiger partial charge < -0.3 is 10.1 Å². The predicted octanol–water partition coefficient (Wildman–Crippen LogP) is 3.24. The number of rotatable bonds is 7. The number of benzene rings is 1. The van der Waals surface area contributed by atoms with E-state index in [0.29, 0.717) is 12.1 Å². The van der Waals surface area contributed by atoms with Gasteiger partial charge in [-0.2, -0.15) is 0 Å². The number of nitrogens with one attached hydrogen (secondary N) is 1. The lowest BCUT2D eigenvalue weighted by molar-refractivity contribution is 0.0342. The Hall–Kier alpha value is -1.35. The van der Waals surface area contributed by atoms with Crippen LogP contribution in [0.3, 0.4) is 0 Å². The molecule has 0 fully saturated rings. The number of carbonyl (C=O) groups is 1. The number of aryl methyl sites for hydroxylation is 2. The molecule has 0 saturated carbocycles. The second kappa shape index (κ2) is 7.95. The van der Waals surface area contributed by atoms with Crippen molar-refractivity contribution in [2.24, 2.45) is 0 Å². The lowest BCUT2D eigenvalue weighted by Crippen LogP contribution is -2.29. The first-order valence-corrected chi connectivity index (χ1v) is 7.03. The maximum absolute atomic E-state index is 12.0. The Morgan fingerprint density at radius 2 is 2.05 bits per heavy atom. The summed E-state index contributed by atoms with van der Waals surface area (Å²) in [7, 11) is 0. The molecular formula is C16H25NO2. The van der Waals surface area contributed by atoms with Crippen LogP contribution in [-0.4, -0.2) is 25.2 Å². The molecule has 0 radical (unpaired) electrons. The number of esters is 1. The Balaban J connectivity index is 2.43. The van der Waals surface area contributed by atoms with Crippen LogP contribution < -0.4 is 5.32 Å². The zero-order valence-electron chi connectivity index (χ0n) is 12.5. The molecule has 0 heterocycles. The molecular weight excluding hydrogens is 238 g/mol. The Kier molecular flexibility index (Phi) is 6.57. The van der Waals surface area contributed by atoms with Gasteiger partial charge in [0.2, 0.25) is 0 Å². The van der Waals surface area contributed by atoms with Gasteiger partial charge in [0.25, 0.3) is 0 Å². The van der Waals surface area contributed by atoms with Gasteiger partial charge in [-0.3, -0.25) is 0 Å². The molecule has 1 rings (SSSR count). The van der Waals surface area contributed by atoms with Crippen molar-refractivity contribution in [3.63, 3.8) is 0 Å². The largest absolute Gasteiger partial charge is 0.458 e. The normalized spacial score (nSPS) is 12.2. The third kappa shape index (κ3) is 5.43. The van der Waals surface area contributed by atoms with Crippen molar-refractivity contribution in [2.45, 2.75) is 46.6 Å². The SMILES string of the molecule is CCCCNCC(C)OC(=O)c1ccc(C)c(C)c1. The van der Waals surface area contributed by atoms with E-state index in [1.54, 1.807) is 0 Å². The standard InChI is InChI=1S/C16H25NO2/c1-5-6-9-17-11-14(4)19-16(18)15-8-7-12(2)13(3)10-15/h7-8,10,14,17H,5-6,9,11H2,1-4H3. The van der Waals surface area contributed by atoms with Crippen LogP contribution in [0, 0.1) is 13.8 Å². The molecule has 106 valence electrons. The van der Waals surface area contributed by atoms with Crippen molar-refractivity contribution in [2.75, 3.05) is 13.1 Å². The van der Waals surface area contributed by atoms with Gasteiger partial charge in [0.15, 0.2) is 0 Å². The van der Waals surface area contributed by atoms with Gasteiger partial charge in [0, 0.05) is 6.54 Å². The number of carbonyl (C=O) groups excluding carboxylic acids is 1. The second-order valence-electron chi connectivity index (χ2n) is 5.07. The monoisotopic (exact) mass is 263 g/mol. The molecule has 3 nitrogen and oxygen atoms in total. The van der Waals surface area contributed by atoms with E-state index in [4.69, 9.17) is 4.74 Å². The molecule has 1 unspecified atom stereocenters. The van der Waals surface area contributed by atoms with Crippen molar-refractivity contribution in [1.29, 1.82) is 0 Å². The maximum Gasteiger partial charge on any atom is 0.338 e. The van der Waals surface area contributed by atoms with Crippen molar-refractivity contribution < 1.29 is 9.53 Å². The average molecular weight is 263 g/mol. The first-order valence-electron chi connectivity index (χ1n) is 7.03. The van der Waals surface area contributed by atoms with E-state index in [9.17, 15) is 4.79 Å². The second-order valence-corrected chi connectivity index (χ2v) is 5.07. The van der Waals surface area contributed by atoms with Crippen LogP contribution in [0.25, 0.3) is 0 Å². The lowest BCUT2D eigenvalue weighted by atomic mass is 10.1. The van der Waals surface area contributed by atoms with Crippen LogP contribution >= 0.6 is 0 Å². The van der Waals surface area contributed by atoms with Crippen molar-refractivity contribution >= 4 is 5.97 Å². The van der Waals surface area contributed by atoms with Gasteiger partial charge in [-0.25, -0.2) is 4.79 Å². The topological polar surface area (TPSA) is 38.3 Å². The summed E-state index contributed by atoms with van der Waals surface area (Å²) in [6, 6.07) is 5.66. The predicted molar refractivity (Wildman–Crippen MR) is 78.6 cm³/mol. The molecule has 1 N–H and O–H groups in total. The van der Waals surface area contributed by atoms with Crippen LogP contribution in [0.2, 0.25) is 0 Å². The smallest absolute Gasteiger partial charge is 0.338 e. The van der Waals surface area contributed by atoms with E-state index in [1.165, 1.54) is 12.0 Å². The molecule has 0 spiro atoms. The van der Waals surface area contributed by atoms with Gasteiger partial charge in [-0.15, -0.1) is 0 Å². The summed E-state index contributed by atoms with van der Waals surface area (Å²) in [5.74, 6) is -0.243. The van der Waals surface area contributed by atoms with Crippen molar-refractivity contribution in [1.82, 2.24) is 5.32 Å². The zero-order chi connectivity index (χ0) is 14.3. The first kappa shape index (κ1) is 15.7. The minimum atomic E-state index is -0.243. The fourth-order valence-corrected chi connectivity index (χ4v) is 1.77. The zero-order valence-corrected chi connectivity index (χ0v) is 12.5. The van der Waals surface area contributed by atoms with E-state index in [2.05, 4.69) is 12.2 Å². The molecule has 0 aliphatic heterocycles. The fraction of sp³-hybridized carbons (Fsp3) is 0.562. The first-order chi connectivity index (χ1) is 9.04. The van der Waals surface area contributed by atoms with Gasteiger partial charge >= 0.3 is 5.97 Å². The molecule has 3 heteroatoms. The molecule has 0 saturated heterocycles. The third-order valence-corrected chi connectivity index (χ3v) is 3.19. The Bertz CT molecular complexity index is 415. The highest BCUT2D eigenvalue weighted by Gasteiger charge is 2.12. The minimum Gasteiger partial charge on any atom is -0.458 e. The summed E-state index contributed by atoms with van der Waals surface area (Å²) in [5, 5.41) is 3.29. The summed E-state index contributed by atoms with van der Waals surface area (Å²) in [6.45, 7) is 9.79. The average Bonchev–Trinajstić information content (AvgIpc) is 2.38. The molecule has 0 aromatic heterocycles. The Morgan fingerprint density at radius 1 is 1.32 bits per heavy atom. The van der Waals surface area contributed by atoms with Crippen molar-refractivity contribution in [3.8, 4) is 0 Å². The van der Waals surface area contributed by atoms with E-state index in [1.807, 2.05) is 39.0 Å². The summed E-state index contributed by atoms with van der Waals surface area (Å²) < 4.78 is 5.41. The molecule has 1 aromatic carbocycles. The fourth-order valence-electron chi connectivity index (χ4n) is 1.77. The summed E-state index contributed by atoms with van der Waals surface area (Å²) >= 11 is 0. The number of hydrogen-bond acceptors (Lipinski definition) is 3. The van der Waals surface area contributed by atoms with Crippen LogP contribution in [0.1, 0.15) is 48.2 Å². The summed E-state index contributed by atoms with van der Waals surface area (Å²) in [5.41, 5.74) is 2.93. The van der Waals surface area contributed by atoms with Gasteiger partial charge in [0.1, 0.15) is 6.10 Å². The molecule has 1 atom stereocenters. The van der Waals surface area contributed by atoms with Crippen molar-refractivity contribution in [3.05, 3.63) is 34.9 Å². The van der Waals surface area contributed by atoms with E-state index >= 15 is 0 Å². The number of unbranched alkanes of at least 4 members (excludes halogenated alkanes) is 1. The Morgan fingerprint density at radius 3 is 2.68 bits per heavy atom. The van der Waals surface area contributed by atoms with E-state index in [-0.39, 0.29) is 12.1 Å². The summed E-state index contributed by atoms with van der Waals surface area (Å²) in [4.78, 5) is 12.0. The lowest BCUT2D eigenvalue weighted by Gasteiger charge is -2.14. The third-order valence-electron chi connectivity index (χ3n) is 3.19. The maximum atomic E-state index is 12.0. The van der Waals surface area contributed by atoms with Crippen LogP contribution in [0.15, 0.2) is 18.2 Å². The van der Waals surface area contributed by atoms with Gasteiger partial charge in [-0.05, 0) is 57.0 Å². The minimum absolute atomic E-state index is 0.106. The molecule has 0 bridgehead atoms. The Labute approximate surface area is 116 Å². The quantitative estimate of drug-likeness (QED) is 0.606. The highest BCUT2D eigenvalue weighted by Crippen LogP contribution is 2.11. The molecule has 1 aromatic rings. The van der Waals surface area contributed by atoms with E-state index < -0.39 is 0 Å². The number of ether oxygens (including phenoxy) is 1. The highest BCUT2D eigenvalue weighted by atomic mass is 16.5. The van der Waals surface area contributed by atoms with Crippen LogP contribution in [0.5, 0.6) is 0 Å². The molecule has 0 aliphatic carbocycles. The van der Waals surface area contributed by atoms with E-state index in [0.717, 1.165) is 18.5 Å².